The minimum Gasteiger partial charge on any atom is -0.481 e. The number of carbonyl (C=O) groups excluding carboxylic acids is 1. The molecule has 2 atom stereocenters. The van der Waals surface area contributed by atoms with Crippen LogP contribution in [0.25, 0.3) is 0 Å². The summed E-state index contributed by atoms with van der Waals surface area (Å²) < 4.78 is 5.14. The van der Waals surface area contributed by atoms with Crippen molar-refractivity contribution in [3.05, 3.63) is 35.9 Å². The van der Waals surface area contributed by atoms with E-state index in [2.05, 4.69) is 0 Å². The predicted molar refractivity (Wildman–Crippen MR) is 69.9 cm³/mol. The van der Waals surface area contributed by atoms with Crippen LogP contribution in [0, 0.1) is 5.92 Å². The van der Waals surface area contributed by atoms with Gasteiger partial charge in [0.2, 0.25) is 0 Å². The fourth-order valence-corrected chi connectivity index (χ4v) is 2.24. The van der Waals surface area contributed by atoms with Gasteiger partial charge in [-0.25, -0.2) is 4.79 Å². The number of aliphatic hydroxyl groups is 1. The third-order valence-electron chi connectivity index (χ3n) is 3.31. The Morgan fingerprint density at radius 2 is 1.95 bits per heavy atom. The predicted octanol–water partition coefficient (Wildman–Crippen LogP) is 1.09. The highest BCUT2D eigenvalue weighted by Crippen LogP contribution is 2.21. The van der Waals surface area contributed by atoms with E-state index in [0.717, 1.165) is 5.56 Å². The molecular weight excluding hydrogens is 262 g/mol. The lowest BCUT2D eigenvalue weighted by Crippen LogP contribution is -2.30. The summed E-state index contributed by atoms with van der Waals surface area (Å²) in [5, 5.41) is 18.5. The Kier molecular flexibility index (Phi) is 4.57. The summed E-state index contributed by atoms with van der Waals surface area (Å²) in [6.07, 6.45) is -1.49. The molecule has 108 valence electrons. The molecule has 0 unspecified atom stereocenters. The molecule has 0 bridgehead atoms. The minimum atomic E-state index is -0.978. The number of hydrogen-bond donors (Lipinski definition) is 2. The zero-order valence-corrected chi connectivity index (χ0v) is 10.9. The largest absolute Gasteiger partial charge is 0.481 e. The van der Waals surface area contributed by atoms with E-state index >= 15 is 0 Å². The third kappa shape index (κ3) is 3.71. The molecular formula is C14H17NO5. The van der Waals surface area contributed by atoms with Crippen molar-refractivity contribution in [2.24, 2.45) is 5.92 Å². The summed E-state index contributed by atoms with van der Waals surface area (Å²) in [6.45, 7) is 0.489. The van der Waals surface area contributed by atoms with Crippen LogP contribution in [0.4, 0.5) is 4.79 Å². The van der Waals surface area contributed by atoms with Crippen LogP contribution in [0.1, 0.15) is 12.0 Å². The van der Waals surface area contributed by atoms with Crippen LogP contribution in [-0.4, -0.2) is 46.4 Å². The molecule has 2 rings (SSSR count). The van der Waals surface area contributed by atoms with Gasteiger partial charge in [0.1, 0.15) is 6.61 Å². The number of amides is 1. The number of carboxylic acids is 1. The van der Waals surface area contributed by atoms with Gasteiger partial charge in [-0.05, 0) is 5.56 Å². The Bertz CT molecular complexity index is 476. The van der Waals surface area contributed by atoms with Gasteiger partial charge < -0.3 is 19.8 Å². The van der Waals surface area contributed by atoms with Crippen molar-refractivity contribution < 1.29 is 24.5 Å². The number of rotatable bonds is 4. The number of nitrogens with zero attached hydrogens (tertiary/aromatic N) is 1. The number of ether oxygens (including phenoxy) is 1. The molecule has 1 amide bonds. The highest BCUT2D eigenvalue weighted by Gasteiger charge is 2.35. The quantitative estimate of drug-likeness (QED) is 0.861. The molecule has 1 aromatic rings. The van der Waals surface area contributed by atoms with Gasteiger partial charge in [-0.15, -0.1) is 0 Å². The molecule has 1 saturated heterocycles. The minimum absolute atomic E-state index is 0.117. The number of carboxylic acid groups (broad SMARTS) is 1. The van der Waals surface area contributed by atoms with Crippen LogP contribution >= 0.6 is 0 Å². The van der Waals surface area contributed by atoms with E-state index in [-0.39, 0.29) is 26.1 Å². The van der Waals surface area contributed by atoms with Gasteiger partial charge in [0.05, 0.1) is 19.1 Å². The average molecular weight is 279 g/mol. The first-order chi connectivity index (χ1) is 9.56. The summed E-state index contributed by atoms with van der Waals surface area (Å²) in [4.78, 5) is 23.8. The number of likely N-dealkylation sites (tertiary alicyclic amines) is 1. The number of aliphatic hydroxyl groups excluding tert-OH is 1. The van der Waals surface area contributed by atoms with Crippen LogP contribution in [0.3, 0.4) is 0 Å². The van der Waals surface area contributed by atoms with E-state index in [4.69, 9.17) is 9.84 Å². The van der Waals surface area contributed by atoms with Crippen LogP contribution in [0.5, 0.6) is 0 Å². The molecule has 0 saturated carbocycles. The number of benzene rings is 1. The standard InChI is InChI=1S/C14H17NO5/c16-12-8-15(7-11(12)6-13(17)18)14(19)20-9-10-4-2-1-3-5-10/h1-5,11-12,16H,6-9H2,(H,17,18)/t11-,12-/m1/s1. The lowest BCUT2D eigenvalue weighted by molar-refractivity contribution is -0.138. The van der Waals surface area contributed by atoms with Crippen molar-refractivity contribution in [1.82, 2.24) is 4.90 Å². The Morgan fingerprint density at radius 1 is 1.25 bits per heavy atom. The fourth-order valence-electron chi connectivity index (χ4n) is 2.24. The van der Waals surface area contributed by atoms with E-state index < -0.39 is 24.1 Å². The van der Waals surface area contributed by atoms with Crippen LogP contribution < -0.4 is 0 Å². The molecule has 1 heterocycles. The monoisotopic (exact) mass is 279 g/mol. The molecule has 6 heteroatoms. The SMILES string of the molecule is O=C(O)C[C@@H]1CN(C(=O)OCc2ccccc2)C[C@H]1O. The van der Waals surface area contributed by atoms with Crippen molar-refractivity contribution in [3.63, 3.8) is 0 Å². The van der Waals surface area contributed by atoms with Crippen molar-refractivity contribution in [2.45, 2.75) is 19.1 Å². The molecule has 0 radical (unpaired) electrons. The maximum atomic E-state index is 11.8. The van der Waals surface area contributed by atoms with Crippen molar-refractivity contribution in [3.8, 4) is 0 Å². The van der Waals surface area contributed by atoms with Crippen LogP contribution in [0.2, 0.25) is 0 Å². The smallest absolute Gasteiger partial charge is 0.410 e. The molecule has 0 aromatic heterocycles. The second-order valence-corrected chi connectivity index (χ2v) is 4.87. The molecule has 1 aromatic carbocycles. The van der Waals surface area contributed by atoms with Gasteiger partial charge in [0, 0.05) is 12.5 Å². The van der Waals surface area contributed by atoms with E-state index in [1.54, 1.807) is 0 Å². The second kappa shape index (κ2) is 6.38. The zero-order valence-electron chi connectivity index (χ0n) is 10.9. The van der Waals surface area contributed by atoms with E-state index in [1.807, 2.05) is 30.3 Å². The second-order valence-electron chi connectivity index (χ2n) is 4.87. The van der Waals surface area contributed by atoms with Gasteiger partial charge in [-0.3, -0.25) is 4.79 Å². The first-order valence-corrected chi connectivity index (χ1v) is 6.41. The van der Waals surface area contributed by atoms with Gasteiger partial charge in [-0.2, -0.15) is 0 Å². The summed E-state index contributed by atoms with van der Waals surface area (Å²) in [7, 11) is 0. The summed E-state index contributed by atoms with van der Waals surface area (Å²) >= 11 is 0. The number of aliphatic carboxylic acids is 1. The first kappa shape index (κ1) is 14.3. The lowest BCUT2D eigenvalue weighted by Gasteiger charge is -2.15. The Labute approximate surface area is 116 Å². The number of hydrogen-bond acceptors (Lipinski definition) is 4. The van der Waals surface area contributed by atoms with E-state index in [0.29, 0.717) is 0 Å². The third-order valence-corrected chi connectivity index (χ3v) is 3.31. The van der Waals surface area contributed by atoms with E-state index in [1.165, 1.54) is 4.90 Å². The number of β-amino-alcohol motifs (C(OH)–C–C–N with tert-alkyl or cyclic N) is 1. The Balaban J connectivity index is 1.83. The zero-order chi connectivity index (χ0) is 14.5. The van der Waals surface area contributed by atoms with Crippen LogP contribution in [-0.2, 0) is 16.1 Å². The van der Waals surface area contributed by atoms with Gasteiger partial charge in [0.15, 0.2) is 0 Å². The molecule has 2 N–H and O–H groups in total. The Hall–Kier alpha value is -2.08. The van der Waals surface area contributed by atoms with E-state index in [9.17, 15) is 14.7 Å². The fraction of sp³-hybridized carbons (Fsp3) is 0.429. The molecule has 6 nitrogen and oxygen atoms in total. The molecule has 1 fully saturated rings. The number of carbonyl (C=O) groups is 2. The van der Waals surface area contributed by atoms with Crippen molar-refractivity contribution >= 4 is 12.1 Å². The molecule has 0 spiro atoms. The van der Waals surface area contributed by atoms with Crippen LogP contribution in [0.15, 0.2) is 30.3 Å². The molecule has 1 aliphatic heterocycles. The van der Waals surface area contributed by atoms with Gasteiger partial charge in [0.25, 0.3) is 0 Å². The highest BCUT2D eigenvalue weighted by molar-refractivity contribution is 5.69. The molecule has 1 aliphatic rings. The summed E-state index contributed by atoms with van der Waals surface area (Å²) in [6, 6.07) is 9.27. The summed E-state index contributed by atoms with van der Waals surface area (Å²) in [5.41, 5.74) is 0.877. The maximum absolute atomic E-state index is 11.8. The highest BCUT2D eigenvalue weighted by atomic mass is 16.6. The first-order valence-electron chi connectivity index (χ1n) is 6.41. The van der Waals surface area contributed by atoms with Crippen molar-refractivity contribution in [1.29, 1.82) is 0 Å². The molecule has 20 heavy (non-hydrogen) atoms. The van der Waals surface area contributed by atoms with Gasteiger partial charge >= 0.3 is 12.1 Å². The topological polar surface area (TPSA) is 87.1 Å². The lowest BCUT2D eigenvalue weighted by atomic mass is 10.0. The maximum Gasteiger partial charge on any atom is 0.410 e. The summed E-state index contributed by atoms with van der Waals surface area (Å²) in [5.74, 6) is -1.41. The van der Waals surface area contributed by atoms with Crippen molar-refractivity contribution in [2.75, 3.05) is 13.1 Å². The molecule has 0 aliphatic carbocycles. The van der Waals surface area contributed by atoms with Gasteiger partial charge in [-0.1, -0.05) is 30.3 Å². The normalized spacial score (nSPS) is 21.8. The average Bonchev–Trinajstić information content (AvgIpc) is 2.78. The Morgan fingerprint density at radius 3 is 2.60 bits per heavy atom.